The van der Waals surface area contributed by atoms with Gasteiger partial charge in [-0.05, 0) is 29.8 Å². The monoisotopic (exact) mass is 360 g/mol. The minimum Gasteiger partial charge on any atom is -0.505 e. The minimum absolute atomic E-state index is 0.210. The molecular formula is C19H22F2N4O. The Balaban J connectivity index is 1.57. The zero-order chi connectivity index (χ0) is 18.5. The number of halogens is 2. The number of hydrogen-bond acceptors (Lipinski definition) is 3. The number of aliphatic imine (C=N–C) groups is 1. The van der Waals surface area contributed by atoms with Crippen molar-refractivity contribution in [2.75, 3.05) is 38.1 Å². The molecule has 0 radical (unpaired) electrons. The molecule has 2 aromatic rings. The van der Waals surface area contributed by atoms with Crippen molar-refractivity contribution in [2.24, 2.45) is 4.99 Å². The van der Waals surface area contributed by atoms with E-state index in [0.29, 0.717) is 49.9 Å². The van der Waals surface area contributed by atoms with E-state index >= 15 is 0 Å². The van der Waals surface area contributed by atoms with Gasteiger partial charge < -0.3 is 20.2 Å². The first-order valence-corrected chi connectivity index (χ1v) is 8.51. The summed E-state index contributed by atoms with van der Waals surface area (Å²) < 4.78 is 27.3. The average Bonchev–Trinajstić information content (AvgIpc) is 2.66. The maximum absolute atomic E-state index is 13.9. The van der Waals surface area contributed by atoms with Crippen LogP contribution in [0.4, 0.5) is 14.5 Å². The summed E-state index contributed by atoms with van der Waals surface area (Å²) in [5, 5.41) is 12.5. The fraction of sp³-hybridized carbons (Fsp3) is 0.316. The molecule has 138 valence electrons. The Morgan fingerprint density at radius 2 is 1.81 bits per heavy atom. The Morgan fingerprint density at radius 1 is 1.08 bits per heavy atom. The molecule has 1 fully saturated rings. The van der Waals surface area contributed by atoms with Gasteiger partial charge in [-0.1, -0.05) is 18.2 Å². The zero-order valence-corrected chi connectivity index (χ0v) is 14.6. The predicted molar refractivity (Wildman–Crippen MR) is 98.4 cm³/mol. The Morgan fingerprint density at radius 3 is 2.46 bits per heavy atom. The van der Waals surface area contributed by atoms with E-state index in [1.165, 1.54) is 18.2 Å². The molecule has 1 heterocycles. The Labute approximate surface area is 151 Å². The van der Waals surface area contributed by atoms with Crippen LogP contribution in [0.3, 0.4) is 0 Å². The van der Waals surface area contributed by atoms with Crippen LogP contribution in [0, 0.1) is 11.6 Å². The van der Waals surface area contributed by atoms with Gasteiger partial charge in [-0.15, -0.1) is 0 Å². The molecule has 0 atom stereocenters. The maximum atomic E-state index is 13.9. The molecule has 0 aliphatic carbocycles. The number of para-hydroxylation sites is 1. The summed E-state index contributed by atoms with van der Waals surface area (Å²) in [6.07, 6.45) is 0. The summed E-state index contributed by atoms with van der Waals surface area (Å²) in [4.78, 5) is 8.39. The Hall–Kier alpha value is -2.83. The highest BCUT2D eigenvalue weighted by molar-refractivity contribution is 5.80. The van der Waals surface area contributed by atoms with Crippen LogP contribution >= 0.6 is 0 Å². The summed E-state index contributed by atoms with van der Waals surface area (Å²) in [6.45, 7) is 3.19. The summed E-state index contributed by atoms with van der Waals surface area (Å²) in [6, 6.07) is 11.1. The number of hydrogen-bond donors (Lipinski definition) is 2. The smallest absolute Gasteiger partial charge is 0.194 e. The first-order valence-electron chi connectivity index (χ1n) is 8.51. The lowest BCUT2D eigenvalue weighted by Gasteiger charge is -2.37. The van der Waals surface area contributed by atoms with E-state index in [4.69, 9.17) is 0 Å². The maximum Gasteiger partial charge on any atom is 0.194 e. The Kier molecular flexibility index (Phi) is 5.55. The van der Waals surface area contributed by atoms with Crippen LogP contribution in [0.1, 0.15) is 5.56 Å². The van der Waals surface area contributed by atoms with E-state index in [1.807, 2.05) is 11.0 Å². The second-order valence-electron chi connectivity index (χ2n) is 6.11. The van der Waals surface area contributed by atoms with Crippen molar-refractivity contribution >= 4 is 11.6 Å². The van der Waals surface area contributed by atoms with Crippen molar-refractivity contribution in [1.29, 1.82) is 0 Å². The van der Waals surface area contributed by atoms with E-state index in [1.54, 1.807) is 25.2 Å². The van der Waals surface area contributed by atoms with Gasteiger partial charge in [0.25, 0.3) is 0 Å². The lowest BCUT2D eigenvalue weighted by atomic mass is 10.2. The molecule has 0 unspecified atom stereocenters. The van der Waals surface area contributed by atoms with Gasteiger partial charge in [-0.3, -0.25) is 4.99 Å². The number of phenolic OH excluding ortho intramolecular Hbond substituents is 1. The average molecular weight is 360 g/mol. The molecule has 0 aromatic heterocycles. The summed E-state index contributed by atoms with van der Waals surface area (Å²) in [5.74, 6) is -0.496. The zero-order valence-electron chi connectivity index (χ0n) is 14.6. The van der Waals surface area contributed by atoms with Gasteiger partial charge in [-0.2, -0.15) is 0 Å². The molecule has 2 aromatic carbocycles. The van der Waals surface area contributed by atoms with Crippen LogP contribution in [-0.2, 0) is 6.54 Å². The first kappa shape index (κ1) is 18.0. The predicted octanol–water partition coefficient (Wildman–Crippen LogP) is 2.57. The van der Waals surface area contributed by atoms with Crippen LogP contribution in [-0.4, -0.2) is 49.2 Å². The highest BCUT2D eigenvalue weighted by Gasteiger charge is 2.21. The van der Waals surface area contributed by atoms with Gasteiger partial charge in [0.15, 0.2) is 17.5 Å². The van der Waals surface area contributed by atoms with Crippen molar-refractivity contribution in [3.05, 3.63) is 59.7 Å². The highest BCUT2D eigenvalue weighted by Crippen LogP contribution is 2.20. The topological polar surface area (TPSA) is 51.1 Å². The molecule has 0 amide bonds. The number of aromatic hydroxyl groups is 1. The van der Waals surface area contributed by atoms with Gasteiger partial charge in [0.2, 0.25) is 0 Å². The molecule has 0 bridgehead atoms. The fourth-order valence-electron chi connectivity index (χ4n) is 3.04. The van der Waals surface area contributed by atoms with Crippen LogP contribution in [0.15, 0.2) is 47.5 Å². The fourth-order valence-corrected chi connectivity index (χ4v) is 3.04. The molecule has 2 N–H and O–H groups in total. The molecule has 1 saturated heterocycles. The Bertz CT molecular complexity index is 789. The van der Waals surface area contributed by atoms with Crippen LogP contribution in [0.2, 0.25) is 0 Å². The highest BCUT2D eigenvalue weighted by atomic mass is 19.1. The van der Waals surface area contributed by atoms with Crippen LogP contribution in [0.5, 0.6) is 5.75 Å². The molecule has 0 saturated carbocycles. The van der Waals surface area contributed by atoms with Crippen LogP contribution < -0.4 is 10.2 Å². The minimum atomic E-state index is -0.641. The van der Waals surface area contributed by atoms with E-state index in [0.717, 1.165) is 0 Å². The number of nitrogens with zero attached hydrogens (tertiary/aromatic N) is 3. The molecule has 7 heteroatoms. The number of piperazine rings is 1. The first-order chi connectivity index (χ1) is 12.6. The number of rotatable bonds is 3. The van der Waals surface area contributed by atoms with Crippen molar-refractivity contribution in [2.45, 2.75) is 6.54 Å². The number of guanidine groups is 1. The third kappa shape index (κ3) is 4.04. The van der Waals surface area contributed by atoms with Gasteiger partial charge in [0.1, 0.15) is 5.82 Å². The molecule has 0 spiro atoms. The van der Waals surface area contributed by atoms with Gasteiger partial charge in [0, 0.05) is 39.8 Å². The second-order valence-corrected chi connectivity index (χ2v) is 6.11. The van der Waals surface area contributed by atoms with Crippen LogP contribution in [0.25, 0.3) is 0 Å². The molecule has 5 nitrogen and oxygen atoms in total. The number of benzene rings is 2. The number of nitrogens with one attached hydrogen (secondary N) is 1. The van der Waals surface area contributed by atoms with Crippen molar-refractivity contribution < 1.29 is 13.9 Å². The SMILES string of the molecule is CN=C(NCc1ccc(O)c(F)c1)N1CCN(c2ccccc2F)CC1. The third-order valence-electron chi connectivity index (χ3n) is 4.45. The van der Waals surface area contributed by atoms with E-state index in [-0.39, 0.29) is 11.6 Å². The molecular weight excluding hydrogens is 338 g/mol. The molecule has 1 aliphatic rings. The normalized spacial score (nSPS) is 15.3. The summed E-state index contributed by atoms with van der Waals surface area (Å²) >= 11 is 0. The molecule has 3 rings (SSSR count). The van der Waals surface area contributed by atoms with Gasteiger partial charge in [-0.25, -0.2) is 8.78 Å². The second kappa shape index (κ2) is 8.03. The largest absolute Gasteiger partial charge is 0.505 e. The third-order valence-corrected chi connectivity index (χ3v) is 4.45. The quantitative estimate of drug-likeness (QED) is 0.653. The van der Waals surface area contributed by atoms with Crippen molar-refractivity contribution in [1.82, 2.24) is 10.2 Å². The number of phenols is 1. The summed E-state index contributed by atoms with van der Waals surface area (Å²) in [5.41, 5.74) is 1.33. The van der Waals surface area contributed by atoms with Gasteiger partial charge >= 0.3 is 0 Å². The summed E-state index contributed by atoms with van der Waals surface area (Å²) in [7, 11) is 1.70. The molecule has 26 heavy (non-hydrogen) atoms. The van der Waals surface area contributed by atoms with Crippen molar-refractivity contribution in [3.8, 4) is 5.75 Å². The van der Waals surface area contributed by atoms with E-state index in [2.05, 4.69) is 15.2 Å². The number of anilines is 1. The molecule has 1 aliphatic heterocycles. The van der Waals surface area contributed by atoms with E-state index < -0.39 is 5.82 Å². The standard InChI is InChI=1S/C19H22F2N4O/c1-22-19(23-13-14-6-7-18(26)16(21)12-14)25-10-8-24(9-11-25)17-5-3-2-4-15(17)20/h2-7,12,26H,8-11,13H2,1H3,(H,22,23). The van der Waals surface area contributed by atoms with E-state index in [9.17, 15) is 13.9 Å². The van der Waals surface area contributed by atoms with Crippen molar-refractivity contribution in [3.63, 3.8) is 0 Å². The van der Waals surface area contributed by atoms with Gasteiger partial charge in [0.05, 0.1) is 5.69 Å². The lowest BCUT2D eigenvalue weighted by molar-refractivity contribution is 0.370. The lowest BCUT2D eigenvalue weighted by Crippen LogP contribution is -2.52.